The molecule has 2 aliphatic rings. The predicted molar refractivity (Wildman–Crippen MR) is 107 cm³/mol. The van der Waals surface area contributed by atoms with Crippen molar-refractivity contribution in [3.8, 4) is 17.2 Å². The number of fused-ring (bicyclic) bond motifs is 1. The van der Waals surface area contributed by atoms with E-state index in [0.717, 1.165) is 16.9 Å². The van der Waals surface area contributed by atoms with Gasteiger partial charge in [0.25, 0.3) is 0 Å². The molecular formula is C23H24O6. The van der Waals surface area contributed by atoms with Crippen molar-refractivity contribution in [2.45, 2.75) is 25.9 Å². The van der Waals surface area contributed by atoms with Crippen molar-refractivity contribution in [1.29, 1.82) is 0 Å². The van der Waals surface area contributed by atoms with Gasteiger partial charge in [-0.05, 0) is 53.8 Å². The minimum Gasteiger partial charge on any atom is -0.497 e. The highest BCUT2D eigenvalue weighted by Crippen LogP contribution is 2.44. The number of cyclic esters (lactones) is 1. The molecule has 1 saturated heterocycles. The zero-order chi connectivity index (χ0) is 20.6. The largest absolute Gasteiger partial charge is 0.497 e. The minimum absolute atomic E-state index is 0.189. The Bertz CT molecular complexity index is 946. The Morgan fingerprint density at radius 1 is 1.17 bits per heavy atom. The first kappa shape index (κ1) is 19.3. The van der Waals surface area contributed by atoms with Crippen LogP contribution in [0.25, 0.3) is 6.08 Å². The first-order valence-corrected chi connectivity index (χ1v) is 9.60. The zero-order valence-corrected chi connectivity index (χ0v) is 16.7. The molecule has 1 fully saturated rings. The van der Waals surface area contributed by atoms with Gasteiger partial charge in [0, 0.05) is 0 Å². The highest BCUT2D eigenvalue weighted by Gasteiger charge is 2.55. The van der Waals surface area contributed by atoms with Crippen LogP contribution in [0.1, 0.15) is 25.0 Å². The van der Waals surface area contributed by atoms with E-state index in [1.807, 2.05) is 56.3 Å². The van der Waals surface area contributed by atoms with E-state index in [1.54, 1.807) is 13.2 Å². The summed E-state index contributed by atoms with van der Waals surface area (Å²) in [5.41, 5.74) is 0.283. The lowest BCUT2D eigenvalue weighted by molar-refractivity contribution is -0.140. The third-order valence-corrected chi connectivity index (χ3v) is 5.59. The summed E-state index contributed by atoms with van der Waals surface area (Å²) in [4.78, 5) is 12.7. The van der Waals surface area contributed by atoms with Crippen molar-refractivity contribution >= 4 is 12.0 Å². The summed E-state index contributed by atoms with van der Waals surface area (Å²) < 4.78 is 21.5. The van der Waals surface area contributed by atoms with Gasteiger partial charge in [-0.1, -0.05) is 32.0 Å². The van der Waals surface area contributed by atoms with Crippen LogP contribution in [0, 0.1) is 11.8 Å². The van der Waals surface area contributed by atoms with Gasteiger partial charge in [-0.15, -0.1) is 0 Å². The van der Waals surface area contributed by atoms with Gasteiger partial charge in [0.05, 0.1) is 13.0 Å². The Kier molecular flexibility index (Phi) is 4.96. The van der Waals surface area contributed by atoms with Gasteiger partial charge in [-0.25, -0.2) is 0 Å². The van der Waals surface area contributed by atoms with E-state index >= 15 is 0 Å². The van der Waals surface area contributed by atoms with Gasteiger partial charge < -0.3 is 24.1 Å². The SMILES string of the molecule is COc1ccc(/C=C2\OC(=O)[C@@H](Cc3ccc4c(c3)OCO4)[C@]2(O)C(C)C)cc1. The second-order valence-corrected chi connectivity index (χ2v) is 7.63. The minimum atomic E-state index is -1.41. The van der Waals surface area contributed by atoms with Crippen LogP contribution in [0.2, 0.25) is 0 Å². The van der Waals surface area contributed by atoms with Crippen LogP contribution in [0.4, 0.5) is 0 Å². The van der Waals surface area contributed by atoms with Crippen LogP contribution < -0.4 is 14.2 Å². The van der Waals surface area contributed by atoms with Gasteiger partial charge in [0.2, 0.25) is 6.79 Å². The summed E-state index contributed by atoms with van der Waals surface area (Å²) in [5.74, 6) is 0.963. The molecule has 0 bridgehead atoms. The fraction of sp³-hybridized carbons (Fsp3) is 0.348. The standard InChI is InChI=1S/C23H24O6/c1-14(2)23(25)18(10-16-6-9-19-20(11-16)28-13-27-19)22(24)29-21(23)12-15-4-7-17(26-3)8-5-15/h4-9,11-12,14,18,25H,10,13H2,1-3H3/b21-12-/t18-,23-/m1/s1. The van der Waals surface area contributed by atoms with Gasteiger partial charge in [-0.3, -0.25) is 4.79 Å². The second-order valence-electron chi connectivity index (χ2n) is 7.63. The molecule has 6 nitrogen and oxygen atoms in total. The summed E-state index contributed by atoms with van der Waals surface area (Å²) in [6.07, 6.45) is 2.06. The highest BCUT2D eigenvalue weighted by molar-refractivity contribution is 5.82. The van der Waals surface area contributed by atoms with Crippen molar-refractivity contribution in [3.05, 3.63) is 59.4 Å². The van der Waals surface area contributed by atoms with Crippen molar-refractivity contribution < 1.29 is 28.8 Å². The maximum Gasteiger partial charge on any atom is 0.317 e. The Labute approximate surface area is 169 Å². The predicted octanol–water partition coefficient (Wildman–Crippen LogP) is 3.57. The molecule has 1 N–H and O–H groups in total. The molecule has 2 heterocycles. The molecule has 2 aromatic carbocycles. The molecule has 0 amide bonds. The molecule has 6 heteroatoms. The van der Waals surface area contributed by atoms with E-state index in [9.17, 15) is 9.90 Å². The van der Waals surface area contributed by atoms with Gasteiger partial charge in [0.1, 0.15) is 17.1 Å². The molecule has 0 saturated carbocycles. The molecule has 0 aromatic heterocycles. The molecule has 0 radical (unpaired) electrons. The number of rotatable bonds is 5. The number of benzene rings is 2. The summed E-state index contributed by atoms with van der Waals surface area (Å²) in [7, 11) is 1.60. The van der Waals surface area contributed by atoms with E-state index in [-0.39, 0.29) is 18.5 Å². The van der Waals surface area contributed by atoms with Crippen LogP contribution in [0.15, 0.2) is 48.2 Å². The van der Waals surface area contributed by atoms with Crippen LogP contribution in [-0.4, -0.2) is 30.6 Å². The molecule has 2 atom stereocenters. The maximum absolute atomic E-state index is 12.7. The Morgan fingerprint density at radius 3 is 2.59 bits per heavy atom. The summed E-state index contributed by atoms with van der Waals surface area (Å²) in [5, 5.41) is 11.6. The van der Waals surface area contributed by atoms with E-state index in [4.69, 9.17) is 18.9 Å². The fourth-order valence-corrected chi connectivity index (χ4v) is 3.84. The first-order chi connectivity index (χ1) is 13.9. The molecule has 29 heavy (non-hydrogen) atoms. The second kappa shape index (κ2) is 7.44. The molecule has 2 aliphatic heterocycles. The topological polar surface area (TPSA) is 74.2 Å². The van der Waals surface area contributed by atoms with Gasteiger partial charge in [0.15, 0.2) is 11.5 Å². The number of methoxy groups -OCH3 is 1. The Morgan fingerprint density at radius 2 is 1.90 bits per heavy atom. The van der Waals surface area contributed by atoms with Crippen molar-refractivity contribution in [2.24, 2.45) is 11.8 Å². The number of carbonyl (C=O) groups excluding carboxylic acids is 1. The summed E-state index contributed by atoms with van der Waals surface area (Å²) in [6, 6.07) is 12.9. The summed E-state index contributed by atoms with van der Waals surface area (Å²) in [6.45, 7) is 3.96. The third kappa shape index (κ3) is 3.44. The lowest BCUT2D eigenvalue weighted by Gasteiger charge is -2.31. The molecule has 0 unspecified atom stereocenters. The Hall–Kier alpha value is -2.99. The fourth-order valence-electron chi connectivity index (χ4n) is 3.84. The lowest BCUT2D eigenvalue weighted by atomic mass is 9.75. The zero-order valence-electron chi connectivity index (χ0n) is 16.7. The third-order valence-electron chi connectivity index (χ3n) is 5.59. The normalized spacial score (nSPS) is 24.2. The van der Waals surface area contributed by atoms with Crippen molar-refractivity contribution in [3.63, 3.8) is 0 Å². The average molecular weight is 396 g/mol. The molecule has 0 spiro atoms. The monoisotopic (exact) mass is 396 g/mol. The number of hydrogen-bond acceptors (Lipinski definition) is 6. The number of esters is 1. The number of carbonyl (C=O) groups is 1. The quantitative estimate of drug-likeness (QED) is 0.779. The van der Waals surface area contributed by atoms with E-state index in [2.05, 4.69) is 0 Å². The molecule has 152 valence electrons. The Balaban J connectivity index is 1.65. The van der Waals surface area contributed by atoms with E-state index < -0.39 is 17.5 Å². The van der Waals surface area contributed by atoms with Crippen LogP contribution in [-0.2, 0) is 16.0 Å². The number of aliphatic hydroxyl groups is 1. The maximum atomic E-state index is 12.7. The van der Waals surface area contributed by atoms with Crippen molar-refractivity contribution in [2.75, 3.05) is 13.9 Å². The molecule has 2 aromatic rings. The van der Waals surface area contributed by atoms with Crippen LogP contribution in [0.5, 0.6) is 17.2 Å². The summed E-state index contributed by atoms with van der Waals surface area (Å²) >= 11 is 0. The lowest BCUT2D eigenvalue weighted by Crippen LogP contribution is -2.43. The van der Waals surface area contributed by atoms with Crippen molar-refractivity contribution in [1.82, 2.24) is 0 Å². The van der Waals surface area contributed by atoms with E-state index in [1.165, 1.54) is 0 Å². The van der Waals surface area contributed by atoms with Gasteiger partial charge >= 0.3 is 5.97 Å². The highest BCUT2D eigenvalue weighted by atomic mass is 16.7. The smallest absolute Gasteiger partial charge is 0.317 e. The van der Waals surface area contributed by atoms with Crippen LogP contribution >= 0.6 is 0 Å². The number of ether oxygens (including phenoxy) is 4. The van der Waals surface area contributed by atoms with Gasteiger partial charge in [-0.2, -0.15) is 0 Å². The first-order valence-electron chi connectivity index (χ1n) is 9.60. The molecule has 0 aliphatic carbocycles. The molecular weight excluding hydrogens is 372 g/mol. The van der Waals surface area contributed by atoms with Crippen LogP contribution in [0.3, 0.4) is 0 Å². The molecule has 4 rings (SSSR count). The van der Waals surface area contributed by atoms with E-state index in [0.29, 0.717) is 17.9 Å². The average Bonchev–Trinajstić information content (AvgIpc) is 3.27. The number of hydrogen-bond donors (Lipinski definition) is 1.